The van der Waals surface area contributed by atoms with E-state index in [2.05, 4.69) is 4.99 Å². The topological polar surface area (TPSA) is 102 Å². The van der Waals surface area contributed by atoms with Crippen molar-refractivity contribution in [2.75, 3.05) is 41.3 Å². The van der Waals surface area contributed by atoms with Crippen LogP contribution in [0.2, 0.25) is 5.02 Å². The van der Waals surface area contributed by atoms with Crippen LogP contribution in [0.15, 0.2) is 47.5 Å². The fraction of sp³-hybridized carbons (Fsp3) is 0.214. The minimum Gasteiger partial charge on any atom is -0.495 e. The highest BCUT2D eigenvalue weighted by molar-refractivity contribution is 6.32. The SMILES string of the molecule is COc1ccc(C(=O)CC=Nc2cc(/C=C\c3cc(OC)c(OC)c(OC)c3)cc(Cl)c2OC)cc1N. The fourth-order valence-electron chi connectivity index (χ4n) is 3.64. The average molecular weight is 525 g/mol. The second-order valence-corrected chi connectivity index (χ2v) is 8.15. The summed E-state index contributed by atoms with van der Waals surface area (Å²) in [6.07, 6.45) is 5.34. The Bertz CT molecular complexity index is 1310. The van der Waals surface area contributed by atoms with Crippen LogP contribution in [0.4, 0.5) is 11.4 Å². The molecule has 37 heavy (non-hydrogen) atoms. The van der Waals surface area contributed by atoms with Gasteiger partial charge in [-0.05, 0) is 53.6 Å². The molecule has 194 valence electrons. The zero-order chi connectivity index (χ0) is 26.9. The van der Waals surface area contributed by atoms with Gasteiger partial charge in [0.25, 0.3) is 0 Å². The molecule has 0 bridgehead atoms. The van der Waals surface area contributed by atoms with Crippen LogP contribution in [-0.4, -0.2) is 47.5 Å². The quantitative estimate of drug-likeness (QED) is 0.140. The number of methoxy groups -OCH3 is 5. The first kappa shape index (κ1) is 27.4. The molecule has 0 fully saturated rings. The monoisotopic (exact) mass is 524 g/mol. The summed E-state index contributed by atoms with van der Waals surface area (Å²) in [5.74, 6) is 2.38. The summed E-state index contributed by atoms with van der Waals surface area (Å²) >= 11 is 6.45. The fourth-order valence-corrected chi connectivity index (χ4v) is 3.94. The van der Waals surface area contributed by atoms with E-state index in [9.17, 15) is 4.79 Å². The Morgan fingerprint density at radius 1 is 0.811 bits per heavy atom. The number of rotatable bonds is 11. The molecule has 0 saturated heterocycles. The number of nitrogens with zero attached hydrogens (tertiary/aromatic N) is 1. The maximum atomic E-state index is 12.6. The van der Waals surface area contributed by atoms with Crippen LogP contribution < -0.4 is 29.4 Å². The van der Waals surface area contributed by atoms with Gasteiger partial charge >= 0.3 is 0 Å². The molecule has 8 nitrogen and oxygen atoms in total. The minimum atomic E-state index is -0.137. The van der Waals surface area contributed by atoms with Crippen LogP contribution in [0, 0.1) is 0 Å². The summed E-state index contributed by atoms with van der Waals surface area (Å²) in [5, 5.41) is 0.385. The number of benzene rings is 3. The molecule has 3 aromatic carbocycles. The number of nitrogens with two attached hydrogens (primary N) is 1. The second kappa shape index (κ2) is 12.7. The van der Waals surface area contributed by atoms with E-state index in [0.29, 0.717) is 50.7 Å². The highest BCUT2D eigenvalue weighted by atomic mass is 35.5. The summed E-state index contributed by atoms with van der Waals surface area (Å²) in [5.41, 5.74) is 8.87. The standard InChI is InChI=1S/C28H29ClN2O6/c1-33-24-9-8-19(16-21(24)30)23(32)10-11-31-22-13-17(12-20(29)27(22)36-4)6-7-18-14-25(34-2)28(37-5)26(15-18)35-3/h6-9,11-16H,10,30H2,1-5H3/b7-6-,31-11?. The van der Waals surface area contributed by atoms with Crippen LogP contribution in [0.1, 0.15) is 27.9 Å². The van der Waals surface area contributed by atoms with Gasteiger partial charge in [0.2, 0.25) is 5.75 Å². The second-order valence-electron chi connectivity index (χ2n) is 7.74. The van der Waals surface area contributed by atoms with Gasteiger partial charge in [-0.15, -0.1) is 0 Å². The van der Waals surface area contributed by atoms with E-state index >= 15 is 0 Å². The van der Waals surface area contributed by atoms with E-state index in [1.165, 1.54) is 20.4 Å². The Hall–Kier alpha value is -4.17. The summed E-state index contributed by atoms with van der Waals surface area (Å²) in [4.78, 5) is 17.1. The van der Waals surface area contributed by atoms with Crippen molar-refractivity contribution in [3.05, 3.63) is 64.2 Å². The number of ether oxygens (including phenoxy) is 5. The van der Waals surface area contributed by atoms with Crippen molar-refractivity contribution >= 4 is 47.1 Å². The van der Waals surface area contributed by atoms with Gasteiger partial charge in [-0.25, -0.2) is 0 Å². The lowest BCUT2D eigenvalue weighted by Crippen LogP contribution is -2.02. The number of aliphatic imine (C=N–C) groups is 1. The molecule has 0 aliphatic rings. The largest absolute Gasteiger partial charge is 0.495 e. The van der Waals surface area contributed by atoms with Gasteiger partial charge in [0.1, 0.15) is 11.4 Å². The first-order valence-electron chi connectivity index (χ1n) is 11.2. The minimum absolute atomic E-state index is 0.0675. The Labute approximate surface area is 221 Å². The summed E-state index contributed by atoms with van der Waals surface area (Å²) < 4.78 is 26.8. The molecule has 2 N–H and O–H groups in total. The van der Waals surface area contributed by atoms with Crippen LogP contribution >= 0.6 is 11.6 Å². The molecule has 0 aliphatic carbocycles. The van der Waals surface area contributed by atoms with E-state index in [-0.39, 0.29) is 12.2 Å². The number of carbonyl (C=O) groups excluding carboxylic acids is 1. The predicted octanol–water partition coefficient (Wildman–Crippen LogP) is 6.11. The first-order chi connectivity index (χ1) is 17.8. The van der Waals surface area contributed by atoms with Crippen LogP contribution in [0.25, 0.3) is 12.2 Å². The highest BCUT2D eigenvalue weighted by Gasteiger charge is 2.13. The van der Waals surface area contributed by atoms with E-state index in [1.54, 1.807) is 45.6 Å². The number of halogens is 1. The number of ketones is 1. The lowest BCUT2D eigenvalue weighted by Gasteiger charge is -2.13. The third kappa shape index (κ3) is 6.54. The third-order valence-corrected chi connectivity index (χ3v) is 5.75. The molecule has 0 spiro atoms. The van der Waals surface area contributed by atoms with Crippen molar-refractivity contribution in [1.82, 2.24) is 0 Å². The zero-order valence-electron chi connectivity index (χ0n) is 21.3. The van der Waals surface area contributed by atoms with Gasteiger partial charge in [0.15, 0.2) is 23.0 Å². The van der Waals surface area contributed by atoms with Gasteiger partial charge in [0, 0.05) is 18.2 Å². The normalized spacial score (nSPS) is 11.1. The molecule has 0 saturated carbocycles. The van der Waals surface area contributed by atoms with E-state index in [4.69, 9.17) is 41.0 Å². The van der Waals surface area contributed by atoms with E-state index < -0.39 is 0 Å². The zero-order valence-corrected chi connectivity index (χ0v) is 22.1. The molecule has 0 aliphatic heterocycles. The molecule has 0 aromatic heterocycles. The van der Waals surface area contributed by atoms with Crippen molar-refractivity contribution in [2.45, 2.75) is 6.42 Å². The maximum absolute atomic E-state index is 12.6. The van der Waals surface area contributed by atoms with Crippen molar-refractivity contribution < 1.29 is 28.5 Å². The van der Waals surface area contributed by atoms with Crippen LogP contribution in [-0.2, 0) is 0 Å². The lowest BCUT2D eigenvalue weighted by atomic mass is 10.1. The number of carbonyl (C=O) groups is 1. The van der Waals surface area contributed by atoms with Crippen LogP contribution in [0.5, 0.6) is 28.7 Å². The Kier molecular flexibility index (Phi) is 9.40. The lowest BCUT2D eigenvalue weighted by molar-refractivity contribution is 0.100. The summed E-state index contributed by atoms with van der Waals surface area (Å²) in [7, 11) is 7.71. The number of hydrogen-bond acceptors (Lipinski definition) is 8. The maximum Gasteiger partial charge on any atom is 0.203 e. The predicted molar refractivity (Wildman–Crippen MR) is 148 cm³/mol. The van der Waals surface area contributed by atoms with Gasteiger partial charge < -0.3 is 29.4 Å². The molecule has 3 rings (SSSR count). The molecule has 0 heterocycles. The highest BCUT2D eigenvalue weighted by Crippen LogP contribution is 2.39. The Morgan fingerprint density at radius 3 is 1.95 bits per heavy atom. The molecule has 0 amide bonds. The van der Waals surface area contributed by atoms with Crippen molar-refractivity contribution in [3.63, 3.8) is 0 Å². The molecular formula is C28H29ClN2O6. The smallest absolute Gasteiger partial charge is 0.203 e. The van der Waals surface area contributed by atoms with E-state index in [1.807, 2.05) is 30.4 Å². The van der Waals surface area contributed by atoms with Gasteiger partial charge in [-0.1, -0.05) is 23.8 Å². The molecule has 0 atom stereocenters. The summed E-state index contributed by atoms with van der Waals surface area (Å²) in [6.45, 7) is 0. The summed E-state index contributed by atoms with van der Waals surface area (Å²) in [6, 6.07) is 12.1. The average Bonchev–Trinajstić information content (AvgIpc) is 2.90. The third-order valence-electron chi connectivity index (χ3n) is 5.46. The van der Waals surface area contributed by atoms with Crippen molar-refractivity contribution in [2.24, 2.45) is 4.99 Å². The molecular weight excluding hydrogens is 496 g/mol. The number of nitrogen functional groups attached to an aromatic ring is 1. The Balaban J connectivity index is 1.84. The number of hydrogen-bond donors (Lipinski definition) is 1. The van der Waals surface area contributed by atoms with E-state index in [0.717, 1.165) is 11.1 Å². The molecule has 9 heteroatoms. The van der Waals surface area contributed by atoms with Crippen molar-refractivity contribution in [1.29, 1.82) is 0 Å². The van der Waals surface area contributed by atoms with Gasteiger partial charge in [-0.2, -0.15) is 0 Å². The van der Waals surface area contributed by atoms with Crippen LogP contribution in [0.3, 0.4) is 0 Å². The number of Topliss-reactive ketones (excluding diaryl/α,β-unsaturated/α-hetero) is 1. The van der Waals surface area contributed by atoms with Gasteiger partial charge in [-0.3, -0.25) is 9.79 Å². The molecule has 0 unspecified atom stereocenters. The van der Waals surface area contributed by atoms with Crippen molar-refractivity contribution in [3.8, 4) is 28.7 Å². The van der Waals surface area contributed by atoms with Gasteiger partial charge in [0.05, 0.1) is 46.3 Å². The molecule has 3 aromatic rings. The Morgan fingerprint density at radius 2 is 1.41 bits per heavy atom. The molecule has 0 radical (unpaired) electrons. The number of anilines is 1. The first-order valence-corrected chi connectivity index (χ1v) is 11.6.